The second-order valence-corrected chi connectivity index (χ2v) is 10.8. The number of likely N-dealkylation sites (N-methyl/N-ethyl adjacent to an activating group) is 1. The van der Waals surface area contributed by atoms with Gasteiger partial charge in [-0.1, -0.05) is 30.3 Å². The monoisotopic (exact) mass is 583 g/mol. The SMILES string of the molecule is Cc1ccc2cc1Oc1cccc(c1)CO[C@H]1CN(C(=O)c3cn[nH]c3-c3ccccc3F)C[C@@H]1NC(=O)CN(C)C2=O. The number of hydrogen-bond donors (Lipinski definition) is 2. The molecule has 0 radical (unpaired) electrons. The van der Waals surface area contributed by atoms with Crippen LogP contribution in [0.5, 0.6) is 11.5 Å². The van der Waals surface area contributed by atoms with E-state index in [1.165, 1.54) is 17.2 Å². The molecule has 220 valence electrons. The van der Waals surface area contributed by atoms with Crippen molar-refractivity contribution in [2.24, 2.45) is 0 Å². The van der Waals surface area contributed by atoms with Crippen molar-refractivity contribution in [3.05, 3.63) is 101 Å². The molecular formula is C32H30FN5O5. The molecule has 1 aromatic heterocycles. The maximum Gasteiger partial charge on any atom is 0.257 e. The van der Waals surface area contributed by atoms with Crippen molar-refractivity contribution in [1.29, 1.82) is 0 Å². The van der Waals surface area contributed by atoms with E-state index in [1.54, 1.807) is 48.3 Å². The second kappa shape index (κ2) is 11.7. The normalized spacial score (nSPS) is 19.0. The summed E-state index contributed by atoms with van der Waals surface area (Å²) in [6.07, 6.45) is 0.820. The van der Waals surface area contributed by atoms with Crippen molar-refractivity contribution in [3.63, 3.8) is 0 Å². The Labute approximate surface area is 247 Å². The average Bonchev–Trinajstić information content (AvgIpc) is 3.64. The van der Waals surface area contributed by atoms with Gasteiger partial charge in [0.25, 0.3) is 11.8 Å². The molecule has 0 unspecified atom stereocenters. The van der Waals surface area contributed by atoms with E-state index in [1.807, 2.05) is 31.2 Å². The molecule has 2 aliphatic heterocycles. The highest BCUT2D eigenvalue weighted by Crippen LogP contribution is 2.29. The van der Waals surface area contributed by atoms with Crippen LogP contribution in [0.25, 0.3) is 11.3 Å². The van der Waals surface area contributed by atoms with Gasteiger partial charge < -0.3 is 24.6 Å². The number of H-pyrrole nitrogens is 1. The molecule has 4 bridgehead atoms. The summed E-state index contributed by atoms with van der Waals surface area (Å²) in [4.78, 5) is 42.9. The number of aromatic amines is 1. The highest BCUT2D eigenvalue weighted by molar-refractivity contribution is 6.00. The fourth-order valence-corrected chi connectivity index (χ4v) is 5.37. The summed E-state index contributed by atoms with van der Waals surface area (Å²) in [5.41, 5.74) is 2.79. The van der Waals surface area contributed by atoms with Crippen molar-refractivity contribution in [2.45, 2.75) is 25.7 Å². The number of carbonyl (C=O) groups is 3. The molecule has 1 saturated heterocycles. The van der Waals surface area contributed by atoms with E-state index in [-0.39, 0.29) is 54.9 Å². The minimum Gasteiger partial charge on any atom is -0.457 e. The lowest BCUT2D eigenvalue weighted by molar-refractivity contribution is -0.123. The zero-order valence-electron chi connectivity index (χ0n) is 23.7. The van der Waals surface area contributed by atoms with E-state index >= 15 is 0 Å². The van der Waals surface area contributed by atoms with Crippen LogP contribution < -0.4 is 10.1 Å². The van der Waals surface area contributed by atoms with Crippen molar-refractivity contribution in [2.75, 3.05) is 26.7 Å². The highest BCUT2D eigenvalue weighted by Gasteiger charge is 2.38. The van der Waals surface area contributed by atoms with Gasteiger partial charge in [-0.15, -0.1) is 0 Å². The summed E-state index contributed by atoms with van der Waals surface area (Å²) >= 11 is 0. The first kappa shape index (κ1) is 28.1. The quantitative estimate of drug-likeness (QED) is 0.370. The molecule has 11 heteroatoms. The molecule has 3 aromatic carbocycles. The van der Waals surface area contributed by atoms with Crippen LogP contribution in [0.1, 0.15) is 31.8 Å². The molecule has 2 atom stereocenters. The van der Waals surface area contributed by atoms with Crippen molar-refractivity contribution >= 4 is 17.7 Å². The van der Waals surface area contributed by atoms with Gasteiger partial charge >= 0.3 is 0 Å². The largest absolute Gasteiger partial charge is 0.457 e. The summed E-state index contributed by atoms with van der Waals surface area (Å²) in [5.74, 6) is -0.463. The first-order chi connectivity index (χ1) is 20.8. The fourth-order valence-electron chi connectivity index (χ4n) is 5.37. The van der Waals surface area contributed by atoms with E-state index in [0.29, 0.717) is 17.1 Å². The zero-order chi connectivity index (χ0) is 30.1. The lowest BCUT2D eigenvalue weighted by atomic mass is 10.1. The summed E-state index contributed by atoms with van der Waals surface area (Å²) < 4.78 is 27.0. The molecule has 10 nitrogen and oxygen atoms in total. The zero-order valence-corrected chi connectivity index (χ0v) is 23.7. The predicted molar refractivity (Wildman–Crippen MR) is 155 cm³/mol. The average molecular weight is 584 g/mol. The first-order valence-electron chi connectivity index (χ1n) is 13.9. The number of benzene rings is 3. The van der Waals surface area contributed by atoms with Crippen LogP contribution in [0.2, 0.25) is 0 Å². The van der Waals surface area contributed by atoms with Crippen molar-refractivity contribution in [1.82, 2.24) is 25.3 Å². The van der Waals surface area contributed by atoms with E-state index in [9.17, 15) is 18.8 Å². The lowest BCUT2D eigenvalue weighted by Gasteiger charge is -2.23. The molecular weight excluding hydrogens is 553 g/mol. The van der Waals surface area contributed by atoms with Crippen LogP contribution in [0.4, 0.5) is 4.39 Å². The van der Waals surface area contributed by atoms with E-state index in [0.717, 1.165) is 11.1 Å². The number of likely N-dealkylation sites (tertiary alicyclic amines) is 1. The summed E-state index contributed by atoms with van der Waals surface area (Å²) in [6, 6.07) is 18.2. The Bertz CT molecular complexity index is 1700. The Hall–Kier alpha value is -5.03. The van der Waals surface area contributed by atoms with Gasteiger partial charge in [-0.3, -0.25) is 19.5 Å². The minimum atomic E-state index is -0.554. The number of aromatic nitrogens is 2. The molecule has 0 saturated carbocycles. The van der Waals surface area contributed by atoms with Crippen molar-refractivity contribution < 1.29 is 28.2 Å². The number of carbonyl (C=O) groups excluding carboxylic acids is 3. The molecule has 1 fully saturated rings. The van der Waals surface area contributed by atoms with Crippen LogP contribution in [0.3, 0.4) is 0 Å². The number of nitrogens with one attached hydrogen (secondary N) is 2. The maximum atomic E-state index is 14.6. The van der Waals surface area contributed by atoms with Crippen LogP contribution in [-0.2, 0) is 16.1 Å². The third kappa shape index (κ3) is 5.84. The molecule has 2 N–H and O–H groups in total. The number of amides is 3. The van der Waals surface area contributed by atoms with E-state index in [4.69, 9.17) is 9.47 Å². The van der Waals surface area contributed by atoms with Gasteiger partial charge in [0.15, 0.2) is 0 Å². The summed E-state index contributed by atoms with van der Waals surface area (Å²) in [5, 5.41) is 9.70. The van der Waals surface area contributed by atoms with Crippen LogP contribution >= 0.6 is 0 Å². The van der Waals surface area contributed by atoms with Crippen molar-refractivity contribution in [3.8, 4) is 22.8 Å². The molecule has 2 aliphatic rings. The first-order valence-corrected chi connectivity index (χ1v) is 13.9. The minimum absolute atomic E-state index is 0.152. The standard InChI is InChI=1S/C32H30FN5O5/c1-19-10-11-21-13-27(19)43-22-7-5-6-20(12-22)18-42-28-16-38(15-26(28)35-29(39)17-37(2)31(21)40)32(41)24-14-34-36-30(24)23-8-3-4-9-25(23)33/h3-14,26,28H,15-18H2,1-2H3,(H,34,36)(H,35,39)/t26-,28-/m0/s1. The smallest absolute Gasteiger partial charge is 0.257 e. The number of halogens is 1. The van der Waals surface area contributed by atoms with Gasteiger partial charge in [0, 0.05) is 31.3 Å². The number of aryl methyl sites for hydroxylation is 1. The Kier molecular flexibility index (Phi) is 7.64. The second-order valence-electron chi connectivity index (χ2n) is 10.8. The summed E-state index contributed by atoms with van der Waals surface area (Å²) in [6.45, 7) is 2.24. The molecule has 3 amide bonds. The topological polar surface area (TPSA) is 117 Å². The van der Waals surface area contributed by atoms with Gasteiger partial charge in [0.05, 0.1) is 42.8 Å². The number of fused-ring (bicyclic) bond motifs is 5. The fraction of sp³-hybridized carbons (Fsp3) is 0.250. The maximum absolute atomic E-state index is 14.6. The summed E-state index contributed by atoms with van der Waals surface area (Å²) in [7, 11) is 1.55. The van der Waals surface area contributed by atoms with Crippen LogP contribution in [0.15, 0.2) is 72.9 Å². The highest BCUT2D eigenvalue weighted by atomic mass is 19.1. The Balaban J connectivity index is 1.28. The van der Waals surface area contributed by atoms with Crippen LogP contribution in [0, 0.1) is 12.7 Å². The van der Waals surface area contributed by atoms with Gasteiger partial charge in [0.1, 0.15) is 17.3 Å². The predicted octanol–water partition coefficient (Wildman–Crippen LogP) is 3.93. The molecule has 6 rings (SSSR count). The number of rotatable bonds is 2. The Morgan fingerprint density at radius 1 is 1.05 bits per heavy atom. The molecule has 3 heterocycles. The third-order valence-electron chi connectivity index (χ3n) is 7.67. The Morgan fingerprint density at radius 3 is 2.72 bits per heavy atom. The van der Waals surface area contributed by atoms with E-state index in [2.05, 4.69) is 15.5 Å². The number of hydrogen-bond acceptors (Lipinski definition) is 6. The molecule has 0 aliphatic carbocycles. The Morgan fingerprint density at radius 2 is 1.88 bits per heavy atom. The van der Waals surface area contributed by atoms with Gasteiger partial charge in [-0.05, 0) is 54.4 Å². The third-order valence-corrected chi connectivity index (χ3v) is 7.67. The van der Waals surface area contributed by atoms with E-state index < -0.39 is 23.9 Å². The van der Waals surface area contributed by atoms with Gasteiger partial charge in [-0.25, -0.2) is 4.39 Å². The molecule has 4 aromatic rings. The number of nitrogens with zero attached hydrogens (tertiary/aromatic N) is 3. The van der Waals surface area contributed by atoms with Gasteiger partial charge in [-0.2, -0.15) is 5.10 Å². The lowest BCUT2D eigenvalue weighted by Crippen LogP contribution is -2.48. The molecule has 0 spiro atoms. The molecule has 43 heavy (non-hydrogen) atoms. The van der Waals surface area contributed by atoms with Gasteiger partial charge in [0.2, 0.25) is 5.91 Å². The van der Waals surface area contributed by atoms with Crippen LogP contribution in [-0.4, -0.2) is 76.5 Å². The number of ether oxygens (including phenoxy) is 2.